The molecule has 0 amide bonds. The van der Waals surface area contributed by atoms with Gasteiger partial charge in [-0.1, -0.05) is 11.6 Å². The summed E-state index contributed by atoms with van der Waals surface area (Å²) in [5.74, 6) is 0.0977. The molecular formula is C14H15NO. The highest BCUT2D eigenvalue weighted by molar-refractivity contribution is 6.06. The van der Waals surface area contributed by atoms with E-state index < -0.39 is 0 Å². The van der Waals surface area contributed by atoms with E-state index in [-0.39, 0.29) is 5.78 Å². The zero-order valence-corrected chi connectivity index (χ0v) is 10.1. The highest BCUT2D eigenvalue weighted by Gasteiger charge is 2.10. The van der Waals surface area contributed by atoms with Crippen LogP contribution in [0.15, 0.2) is 18.2 Å². The van der Waals surface area contributed by atoms with E-state index in [0.29, 0.717) is 0 Å². The molecule has 0 saturated carbocycles. The molecule has 0 saturated heterocycles. The zero-order chi connectivity index (χ0) is 11.9. The summed E-state index contributed by atoms with van der Waals surface area (Å²) in [6, 6.07) is 5.99. The third kappa shape index (κ3) is 1.71. The molecule has 1 aromatic heterocycles. The number of pyridine rings is 1. The van der Waals surface area contributed by atoms with Crippen LogP contribution in [0.1, 0.15) is 34.1 Å². The second-order valence-corrected chi connectivity index (χ2v) is 4.35. The topological polar surface area (TPSA) is 30.0 Å². The molecule has 1 aromatic carbocycles. The molecule has 0 fully saturated rings. The minimum atomic E-state index is 0.0977. The lowest BCUT2D eigenvalue weighted by Crippen LogP contribution is -1.99. The van der Waals surface area contributed by atoms with Crippen LogP contribution in [0.25, 0.3) is 10.9 Å². The Hall–Kier alpha value is -1.70. The van der Waals surface area contributed by atoms with Crippen molar-refractivity contribution in [2.24, 2.45) is 0 Å². The van der Waals surface area contributed by atoms with E-state index in [1.165, 1.54) is 0 Å². The van der Waals surface area contributed by atoms with E-state index in [9.17, 15) is 4.79 Å². The Balaban J connectivity index is 2.95. The first-order valence-corrected chi connectivity index (χ1v) is 5.38. The maximum atomic E-state index is 11.6. The molecule has 0 aliphatic rings. The van der Waals surface area contributed by atoms with Crippen molar-refractivity contribution >= 4 is 16.7 Å². The summed E-state index contributed by atoms with van der Waals surface area (Å²) in [7, 11) is 0. The molecule has 0 unspecified atom stereocenters. The number of ketones is 1. The SMILES string of the molecule is CC(=O)c1cc(C)nc2c(C)cc(C)cc12. The van der Waals surface area contributed by atoms with Gasteiger partial charge in [-0.25, -0.2) is 0 Å². The van der Waals surface area contributed by atoms with Crippen LogP contribution in [0.3, 0.4) is 0 Å². The fraction of sp³-hybridized carbons (Fsp3) is 0.286. The van der Waals surface area contributed by atoms with Crippen molar-refractivity contribution in [2.75, 3.05) is 0 Å². The van der Waals surface area contributed by atoms with E-state index in [1.54, 1.807) is 6.92 Å². The predicted octanol–water partition coefficient (Wildman–Crippen LogP) is 3.36. The summed E-state index contributed by atoms with van der Waals surface area (Å²) >= 11 is 0. The van der Waals surface area contributed by atoms with Gasteiger partial charge in [0.2, 0.25) is 0 Å². The van der Waals surface area contributed by atoms with Crippen LogP contribution < -0.4 is 0 Å². The van der Waals surface area contributed by atoms with Crippen molar-refractivity contribution in [1.82, 2.24) is 4.98 Å². The minimum absolute atomic E-state index is 0.0977. The fourth-order valence-corrected chi connectivity index (χ4v) is 2.10. The number of hydrogen-bond donors (Lipinski definition) is 0. The standard InChI is InChI=1S/C14H15NO/c1-8-5-9(2)14-13(6-8)12(11(4)16)7-10(3)15-14/h5-7H,1-4H3. The molecule has 0 atom stereocenters. The number of benzene rings is 1. The van der Waals surface area contributed by atoms with E-state index in [2.05, 4.69) is 11.1 Å². The maximum absolute atomic E-state index is 11.6. The second kappa shape index (κ2) is 3.71. The molecule has 1 heterocycles. The molecule has 2 nitrogen and oxygen atoms in total. The lowest BCUT2D eigenvalue weighted by Gasteiger charge is -2.08. The number of fused-ring (bicyclic) bond motifs is 1. The molecule has 2 aromatic rings. The number of carbonyl (C=O) groups excluding carboxylic acids is 1. The van der Waals surface area contributed by atoms with Crippen molar-refractivity contribution in [3.63, 3.8) is 0 Å². The van der Waals surface area contributed by atoms with Gasteiger partial charge < -0.3 is 0 Å². The van der Waals surface area contributed by atoms with Crippen LogP contribution in [-0.4, -0.2) is 10.8 Å². The van der Waals surface area contributed by atoms with E-state index in [1.807, 2.05) is 32.9 Å². The molecular weight excluding hydrogens is 198 g/mol. The first-order chi connectivity index (χ1) is 7.49. The van der Waals surface area contributed by atoms with Crippen molar-refractivity contribution in [3.05, 3.63) is 40.6 Å². The lowest BCUT2D eigenvalue weighted by atomic mass is 10.00. The summed E-state index contributed by atoms with van der Waals surface area (Å²) in [5, 5.41) is 0.968. The molecule has 82 valence electrons. The third-order valence-electron chi connectivity index (χ3n) is 2.76. The first kappa shape index (κ1) is 10.8. The average molecular weight is 213 g/mol. The molecule has 0 bridgehead atoms. The Labute approximate surface area is 95.3 Å². The Bertz CT molecular complexity index is 585. The zero-order valence-electron chi connectivity index (χ0n) is 10.1. The summed E-state index contributed by atoms with van der Waals surface area (Å²) in [4.78, 5) is 16.1. The van der Waals surface area contributed by atoms with E-state index in [4.69, 9.17) is 0 Å². The van der Waals surface area contributed by atoms with Crippen LogP contribution in [0, 0.1) is 20.8 Å². The smallest absolute Gasteiger partial charge is 0.160 e. The van der Waals surface area contributed by atoms with Gasteiger partial charge in [-0.2, -0.15) is 0 Å². The van der Waals surface area contributed by atoms with Crippen LogP contribution in [0.5, 0.6) is 0 Å². The number of Topliss-reactive ketones (excluding diaryl/α,β-unsaturated/α-hetero) is 1. The Morgan fingerprint density at radius 2 is 1.81 bits per heavy atom. The van der Waals surface area contributed by atoms with E-state index in [0.717, 1.165) is 33.3 Å². The quantitative estimate of drug-likeness (QED) is 0.680. The Kier molecular flexibility index (Phi) is 2.50. The summed E-state index contributed by atoms with van der Waals surface area (Å²) in [6.45, 7) is 7.60. The summed E-state index contributed by atoms with van der Waals surface area (Å²) in [5.41, 5.74) is 4.90. The normalized spacial score (nSPS) is 10.8. The molecule has 0 aliphatic heterocycles. The van der Waals surface area contributed by atoms with Crippen molar-refractivity contribution < 1.29 is 4.79 Å². The average Bonchev–Trinajstić information content (AvgIpc) is 2.18. The number of carbonyl (C=O) groups is 1. The fourth-order valence-electron chi connectivity index (χ4n) is 2.10. The number of aromatic nitrogens is 1. The van der Waals surface area contributed by atoms with Gasteiger partial charge in [-0.3, -0.25) is 9.78 Å². The van der Waals surface area contributed by atoms with Gasteiger partial charge in [0.05, 0.1) is 5.52 Å². The minimum Gasteiger partial charge on any atom is -0.294 e. The number of nitrogens with zero attached hydrogens (tertiary/aromatic N) is 1. The van der Waals surface area contributed by atoms with Gasteiger partial charge in [0.25, 0.3) is 0 Å². The molecule has 0 N–H and O–H groups in total. The summed E-state index contributed by atoms with van der Waals surface area (Å²) < 4.78 is 0. The van der Waals surface area contributed by atoms with Gasteiger partial charge in [-0.05, 0) is 45.4 Å². The van der Waals surface area contributed by atoms with Crippen LogP contribution >= 0.6 is 0 Å². The largest absolute Gasteiger partial charge is 0.294 e. The lowest BCUT2D eigenvalue weighted by molar-refractivity contribution is 0.101. The van der Waals surface area contributed by atoms with Crippen LogP contribution in [-0.2, 0) is 0 Å². The predicted molar refractivity (Wildman–Crippen MR) is 66.0 cm³/mol. The van der Waals surface area contributed by atoms with Crippen LogP contribution in [0.4, 0.5) is 0 Å². The number of aryl methyl sites for hydroxylation is 3. The molecule has 0 radical (unpaired) electrons. The molecule has 16 heavy (non-hydrogen) atoms. The highest BCUT2D eigenvalue weighted by atomic mass is 16.1. The number of rotatable bonds is 1. The van der Waals surface area contributed by atoms with Gasteiger partial charge in [0, 0.05) is 16.6 Å². The second-order valence-electron chi connectivity index (χ2n) is 4.35. The molecule has 2 heteroatoms. The molecule has 0 spiro atoms. The highest BCUT2D eigenvalue weighted by Crippen LogP contribution is 2.23. The van der Waals surface area contributed by atoms with Gasteiger partial charge in [-0.15, -0.1) is 0 Å². The third-order valence-corrected chi connectivity index (χ3v) is 2.76. The van der Waals surface area contributed by atoms with Crippen molar-refractivity contribution in [2.45, 2.75) is 27.7 Å². The van der Waals surface area contributed by atoms with Gasteiger partial charge in [0.1, 0.15) is 0 Å². The van der Waals surface area contributed by atoms with E-state index >= 15 is 0 Å². The Morgan fingerprint density at radius 1 is 1.12 bits per heavy atom. The monoisotopic (exact) mass is 213 g/mol. The van der Waals surface area contributed by atoms with Crippen LogP contribution in [0.2, 0.25) is 0 Å². The maximum Gasteiger partial charge on any atom is 0.160 e. The first-order valence-electron chi connectivity index (χ1n) is 5.38. The molecule has 2 rings (SSSR count). The van der Waals surface area contributed by atoms with Crippen molar-refractivity contribution in [1.29, 1.82) is 0 Å². The Morgan fingerprint density at radius 3 is 2.44 bits per heavy atom. The van der Waals surface area contributed by atoms with Gasteiger partial charge >= 0.3 is 0 Å². The van der Waals surface area contributed by atoms with Gasteiger partial charge in [0.15, 0.2) is 5.78 Å². The number of hydrogen-bond acceptors (Lipinski definition) is 2. The summed E-state index contributed by atoms with van der Waals surface area (Å²) in [6.07, 6.45) is 0. The van der Waals surface area contributed by atoms with Crippen molar-refractivity contribution in [3.8, 4) is 0 Å². The molecule has 0 aliphatic carbocycles.